The summed E-state index contributed by atoms with van der Waals surface area (Å²) in [6.07, 6.45) is -0.379. The second-order valence-corrected chi connectivity index (χ2v) is 13.0. The number of fused-ring (bicyclic) bond motifs is 5. The first kappa shape index (κ1) is 32.6. The van der Waals surface area contributed by atoms with Gasteiger partial charge < -0.3 is 33.9 Å². The maximum Gasteiger partial charge on any atom is 0.305 e. The fourth-order valence-corrected chi connectivity index (χ4v) is 8.68. The van der Waals surface area contributed by atoms with Gasteiger partial charge in [-0.25, -0.2) is 0 Å². The summed E-state index contributed by atoms with van der Waals surface area (Å²) in [5.74, 6) is -14.0. The Hall–Kier alpha value is -3.32. The Morgan fingerprint density at radius 1 is 0.860 bits per heavy atom. The molecule has 0 aromatic heterocycles. The second kappa shape index (κ2) is 10.1. The van der Waals surface area contributed by atoms with Crippen molar-refractivity contribution in [3.05, 3.63) is 11.6 Å². The first-order valence-corrected chi connectivity index (χ1v) is 14.2. The van der Waals surface area contributed by atoms with Crippen molar-refractivity contribution in [1.82, 2.24) is 0 Å². The van der Waals surface area contributed by atoms with E-state index < -0.39 is 112 Å². The number of Topliss-reactive ketones (excluding diaryl/α,β-unsaturated/α-hetero) is 1. The summed E-state index contributed by atoms with van der Waals surface area (Å²) in [7, 11) is 0. The lowest BCUT2D eigenvalue weighted by Crippen LogP contribution is -2.70. The molecule has 4 aliphatic carbocycles. The lowest BCUT2D eigenvalue weighted by molar-refractivity contribution is -0.318. The number of carbonyl (C=O) groups is 6. The first-order valence-electron chi connectivity index (χ1n) is 14.2. The smallest absolute Gasteiger partial charge is 0.305 e. The molecule has 2 N–H and O–H groups in total. The van der Waals surface area contributed by atoms with E-state index in [0.29, 0.717) is 0 Å². The van der Waals surface area contributed by atoms with Gasteiger partial charge in [-0.05, 0) is 12.5 Å². The summed E-state index contributed by atoms with van der Waals surface area (Å²) in [6, 6.07) is 0. The van der Waals surface area contributed by atoms with Crippen LogP contribution in [0, 0.1) is 35.0 Å². The highest BCUT2D eigenvalue weighted by Gasteiger charge is 2.92. The summed E-state index contributed by atoms with van der Waals surface area (Å²) < 4.78 is 28.4. The number of carbonyl (C=O) groups excluding carboxylic acids is 6. The van der Waals surface area contributed by atoms with Crippen LogP contribution in [0.25, 0.3) is 0 Å². The normalized spacial score (nSPS) is 42.1. The second-order valence-electron chi connectivity index (χ2n) is 13.0. The van der Waals surface area contributed by atoms with E-state index in [4.69, 9.17) is 23.7 Å². The third-order valence-corrected chi connectivity index (χ3v) is 10.1. The highest BCUT2D eigenvalue weighted by atomic mass is 16.7. The minimum atomic E-state index is -2.67. The predicted molar refractivity (Wildman–Crippen MR) is 143 cm³/mol. The Kier molecular flexibility index (Phi) is 7.67. The molecule has 43 heavy (non-hydrogen) atoms. The Bertz CT molecular complexity index is 1320. The highest BCUT2D eigenvalue weighted by Crippen LogP contribution is 2.79. The Morgan fingerprint density at radius 3 is 1.91 bits per heavy atom. The molecule has 0 saturated heterocycles. The summed E-state index contributed by atoms with van der Waals surface area (Å²) in [4.78, 5) is 76.2. The van der Waals surface area contributed by atoms with Gasteiger partial charge in [0.05, 0.1) is 23.4 Å². The molecule has 238 valence electrons. The van der Waals surface area contributed by atoms with Crippen LogP contribution < -0.4 is 0 Å². The van der Waals surface area contributed by atoms with Crippen molar-refractivity contribution in [2.45, 2.75) is 97.4 Å². The molecule has 0 aliphatic heterocycles. The lowest BCUT2D eigenvalue weighted by atomic mass is 9.57. The molecule has 13 nitrogen and oxygen atoms in total. The molecule has 0 aromatic carbocycles. The average Bonchev–Trinajstić information content (AvgIpc) is 3.22. The van der Waals surface area contributed by atoms with Gasteiger partial charge >= 0.3 is 29.8 Å². The maximum absolute atomic E-state index is 14.0. The van der Waals surface area contributed by atoms with Gasteiger partial charge in [0, 0.05) is 58.3 Å². The van der Waals surface area contributed by atoms with Gasteiger partial charge in [-0.15, -0.1) is 0 Å². The summed E-state index contributed by atoms with van der Waals surface area (Å²) in [6.45, 7) is 11.3. The minimum Gasteiger partial charge on any atom is -0.465 e. The number of rotatable bonds is 6. The fourth-order valence-electron chi connectivity index (χ4n) is 8.68. The van der Waals surface area contributed by atoms with E-state index in [-0.39, 0.29) is 5.57 Å². The van der Waals surface area contributed by atoms with Gasteiger partial charge in [0.25, 0.3) is 0 Å². The monoisotopic (exact) mass is 608 g/mol. The number of esters is 5. The van der Waals surface area contributed by atoms with E-state index in [1.807, 2.05) is 0 Å². The summed E-state index contributed by atoms with van der Waals surface area (Å²) >= 11 is 0. The number of ether oxygens (including phenoxy) is 5. The summed E-state index contributed by atoms with van der Waals surface area (Å²) in [5.41, 5.74) is -7.01. The summed E-state index contributed by atoms with van der Waals surface area (Å²) in [5, 5.41) is 25.8. The molecule has 4 rings (SSSR count). The highest BCUT2D eigenvalue weighted by molar-refractivity contribution is 6.06. The van der Waals surface area contributed by atoms with Gasteiger partial charge in [-0.2, -0.15) is 0 Å². The molecule has 13 heteroatoms. The molecule has 3 saturated carbocycles. The van der Waals surface area contributed by atoms with Gasteiger partial charge in [-0.1, -0.05) is 26.8 Å². The van der Waals surface area contributed by atoms with Crippen LogP contribution in [-0.2, 0) is 52.5 Å². The molecule has 0 spiro atoms. The van der Waals surface area contributed by atoms with Crippen LogP contribution in [0.3, 0.4) is 0 Å². The Labute approximate surface area is 249 Å². The first-order chi connectivity index (χ1) is 19.6. The van der Waals surface area contributed by atoms with Gasteiger partial charge in [0.1, 0.15) is 12.7 Å². The quantitative estimate of drug-likeness (QED) is 0.248. The van der Waals surface area contributed by atoms with E-state index in [2.05, 4.69) is 0 Å². The molecule has 0 aromatic rings. The van der Waals surface area contributed by atoms with E-state index in [9.17, 15) is 39.0 Å². The van der Waals surface area contributed by atoms with Crippen molar-refractivity contribution in [3.8, 4) is 0 Å². The van der Waals surface area contributed by atoms with Gasteiger partial charge in [-0.3, -0.25) is 28.8 Å². The molecular formula is C30H40O13. The number of ketones is 1. The van der Waals surface area contributed by atoms with E-state index in [0.717, 1.165) is 27.7 Å². The number of hydrogen-bond acceptors (Lipinski definition) is 13. The lowest BCUT2D eigenvalue weighted by Gasteiger charge is -2.56. The molecule has 0 amide bonds. The zero-order chi connectivity index (χ0) is 32.7. The third-order valence-electron chi connectivity index (χ3n) is 10.1. The zero-order valence-corrected chi connectivity index (χ0v) is 25.8. The van der Waals surface area contributed by atoms with Crippen molar-refractivity contribution in [2.24, 2.45) is 35.0 Å². The Balaban J connectivity index is 2.13. The topological polar surface area (TPSA) is 189 Å². The van der Waals surface area contributed by atoms with E-state index in [1.54, 1.807) is 13.8 Å². The Morgan fingerprint density at radius 2 is 1.42 bits per heavy atom. The molecule has 3 fully saturated rings. The average molecular weight is 609 g/mol. The van der Waals surface area contributed by atoms with Crippen LogP contribution in [0.15, 0.2) is 11.6 Å². The molecule has 0 radical (unpaired) electrons. The van der Waals surface area contributed by atoms with Crippen LogP contribution in [0.2, 0.25) is 0 Å². The van der Waals surface area contributed by atoms with Crippen molar-refractivity contribution in [2.75, 3.05) is 6.61 Å². The van der Waals surface area contributed by atoms with Crippen molar-refractivity contribution >= 4 is 35.6 Å². The standard InChI is InChI=1S/C30H40O13/c1-13-10-21-27(24(13)36,41-17(5)33)11-20(12-39-15(3)31)30(38,43-19(7)35)23-22-26(8,9)29(22,42-18(6)34)25(40-16(4)32)14(2)28(21,23)37/h10,14,20-23,25,37-38H,11-12H2,1-9H3/t14-,20-,21-,22-,23+,25-,27-,28+,29-,30-/m1/s1. The molecule has 0 bridgehead atoms. The maximum atomic E-state index is 14.0. The van der Waals surface area contributed by atoms with Gasteiger partial charge in [0.15, 0.2) is 11.2 Å². The predicted octanol–water partition coefficient (Wildman–Crippen LogP) is 1.15. The third kappa shape index (κ3) is 4.41. The van der Waals surface area contributed by atoms with Crippen LogP contribution in [0.4, 0.5) is 0 Å². The van der Waals surface area contributed by atoms with Crippen LogP contribution in [0.5, 0.6) is 0 Å². The molecule has 0 unspecified atom stereocenters. The van der Waals surface area contributed by atoms with E-state index >= 15 is 0 Å². The van der Waals surface area contributed by atoms with E-state index in [1.165, 1.54) is 26.8 Å². The van der Waals surface area contributed by atoms with Crippen LogP contribution >= 0.6 is 0 Å². The molecule has 10 atom stereocenters. The number of aliphatic hydroxyl groups is 2. The van der Waals surface area contributed by atoms with Crippen LogP contribution in [-0.4, -0.2) is 81.1 Å². The molecular weight excluding hydrogens is 568 g/mol. The minimum absolute atomic E-state index is 0.158. The zero-order valence-electron chi connectivity index (χ0n) is 25.8. The van der Waals surface area contributed by atoms with Gasteiger partial charge in [0.2, 0.25) is 11.6 Å². The molecule has 4 aliphatic rings. The van der Waals surface area contributed by atoms with Crippen molar-refractivity contribution in [1.29, 1.82) is 0 Å². The van der Waals surface area contributed by atoms with Crippen molar-refractivity contribution < 1.29 is 62.7 Å². The van der Waals surface area contributed by atoms with Crippen LogP contribution in [0.1, 0.15) is 68.7 Å². The molecule has 0 heterocycles. The number of hydrogen-bond donors (Lipinski definition) is 2. The fraction of sp³-hybridized carbons (Fsp3) is 0.733. The SMILES string of the molecule is CC(=O)OC[C@H]1C[C@]2(OC(C)=O)C(=O)C(C)=C[C@H]2[C@@]2(O)[C@H](C)[C@@H](OC(C)=O)[C@]3(OC(C)=O)[C@H]([C@@H]2[C@]1(O)OC(C)=O)C3(C)C. The largest absolute Gasteiger partial charge is 0.465 e. The van der Waals surface area contributed by atoms with Crippen molar-refractivity contribution in [3.63, 3.8) is 0 Å².